The third-order valence-corrected chi connectivity index (χ3v) is 6.66. The van der Waals surface area contributed by atoms with Crippen LogP contribution in [0, 0.1) is 0 Å². The summed E-state index contributed by atoms with van der Waals surface area (Å²) < 4.78 is 16.8. The lowest BCUT2D eigenvalue weighted by atomic mass is 10.1. The van der Waals surface area contributed by atoms with Crippen LogP contribution >= 0.6 is 11.8 Å². The number of hydrogen-bond acceptors (Lipinski definition) is 8. The summed E-state index contributed by atoms with van der Waals surface area (Å²) >= 11 is 1.99. The number of nitrogens with zero attached hydrogens (tertiary/aromatic N) is 4. The molecule has 1 aromatic heterocycles. The molecule has 3 heterocycles. The third-order valence-electron chi connectivity index (χ3n) is 5.72. The molecule has 0 spiro atoms. The van der Waals surface area contributed by atoms with E-state index in [9.17, 15) is 0 Å². The van der Waals surface area contributed by atoms with Crippen molar-refractivity contribution in [3.8, 4) is 11.5 Å². The van der Waals surface area contributed by atoms with Crippen LogP contribution in [-0.2, 0) is 17.8 Å². The molecule has 8 heteroatoms. The minimum absolute atomic E-state index is 0.278. The minimum atomic E-state index is 0.278. The van der Waals surface area contributed by atoms with Gasteiger partial charge in [-0.05, 0) is 36.6 Å². The molecule has 7 nitrogen and oxygen atoms in total. The molecule has 1 atom stereocenters. The molecule has 2 aromatic rings. The highest BCUT2D eigenvalue weighted by atomic mass is 32.2. The van der Waals surface area contributed by atoms with Crippen LogP contribution in [0.15, 0.2) is 30.5 Å². The maximum absolute atomic E-state index is 5.93. The summed E-state index contributed by atoms with van der Waals surface area (Å²) in [5, 5.41) is 0. The second kappa shape index (κ2) is 11.0. The van der Waals surface area contributed by atoms with E-state index in [1.807, 2.05) is 30.1 Å². The standard InChI is InChI=1S/C23H32N4O3S/c1-28-21-6-5-18(14-22(21)29-2)15-26(17-20-4-3-11-30-20)16-19-7-8-24-23(25-19)27-9-12-31-13-10-27/h5-8,14,20H,3-4,9-13,15-17H2,1-2H3. The molecule has 1 unspecified atom stereocenters. The normalized spacial score (nSPS) is 19.1. The topological polar surface area (TPSA) is 60.0 Å². The second-order valence-corrected chi connectivity index (χ2v) is 9.17. The summed E-state index contributed by atoms with van der Waals surface area (Å²) in [6, 6.07) is 8.15. The zero-order valence-electron chi connectivity index (χ0n) is 18.5. The van der Waals surface area contributed by atoms with Crippen molar-refractivity contribution in [1.82, 2.24) is 14.9 Å². The highest BCUT2D eigenvalue weighted by Crippen LogP contribution is 2.28. The van der Waals surface area contributed by atoms with E-state index in [0.717, 1.165) is 86.8 Å². The highest BCUT2D eigenvalue weighted by Gasteiger charge is 2.21. The van der Waals surface area contributed by atoms with Crippen molar-refractivity contribution < 1.29 is 14.2 Å². The first kappa shape index (κ1) is 22.2. The first-order chi connectivity index (χ1) is 15.2. The van der Waals surface area contributed by atoms with Gasteiger partial charge in [0.15, 0.2) is 11.5 Å². The lowest BCUT2D eigenvalue weighted by Gasteiger charge is -2.28. The van der Waals surface area contributed by atoms with Crippen molar-refractivity contribution in [2.45, 2.75) is 32.0 Å². The maximum atomic E-state index is 5.93. The van der Waals surface area contributed by atoms with Crippen molar-refractivity contribution >= 4 is 17.7 Å². The van der Waals surface area contributed by atoms with Gasteiger partial charge in [0.05, 0.1) is 26.0 Å². The summed E-state index contributed by atoms with van der Waals surface area (Å²) in [5.74, 6) is 4.62. The number of thioether (sulfide) groups is 1. The summed E-state index contributed by atoms with van der Waals surface area (Å²) in [6.07, 6.45) is 4.42. The SMILES string of the molecule is COc1ccc(CN(Cc2ccnc(N3CCSCC3)n2)CC2CCCO2)cc1OC. The zero-order chi connectivity index (χ0) is 21.5. The van der Waals surface area contributed by atoms with Crippen molar-refractivity contribution in [2.75, 3.05) is 56.9 Å². The molecule has 0 N–H and O–H groups in total. The maximum Gasteiger partial charge on any atom is 0.225 e. The van der Waals surface area contributed by atoms with E-state index in [2.05, 4.69) is 26.9 Å². The largest absolute Gasteiger partial charge is 0.493 e. The fraction of sp³-hybridized carbons (Fsp3) is 0.565. The smallest absolute Gasteiger partial charge is 0.225 e. The van der Waals surface area contributed by atoms with E-state index < -0.39 is 0 Å². The molecule has 0 amide bonds. The lowest BCUT2D eigenvalue weighted by molar-refractivity contribution is 0.0674. The van der Waals surface area contributed by atoms with Crippen LogP contribution in [0.4, 0.5) is 5.95 Å². The van der Waals surface area contributed by atoms with Crippen LogP contribution in [-0.4, -0.2) is 72.9 Å². The van der Waals surface area contributed by atoms with Crippen LogP contribution in [0.2, 0.25) is 0 Å². The van der Waals surface area contributed by atoms with Gasteiger partial charge in [0.1, 0.15) is 0 Å². The molecular formula is C23H32N4O3S. The van der Waals surface area contributed by atoms with Gasteiger partial charge in [-0.3, -0.25) is 4.90 Å². The van der Waals surface area contributed by atoms with Crippen LogP contribution in [0.1, 0.15) is 24.1 Å². The van der Waals surface area contributed by atoms with E-state index in [4.69, 9.17) is 19.2 Å². The van der Waals surface area contributed by atoms with Crippen LogP contribution in [0.25, 0.3) is 0 Å². The molecule has 1 aromatic carbocycles. The molecular weight excluding hydrogens is 412 g/mol. The van der Waals surface area contributed by atoms with Crippen LogP contribution in [0.3, 0.4) is 0 Å². The fourth-order valence-electron chi connectivity index (χ4n) is 4.12. The summed E-state index contributed by atoms with van der Waals surface area (Å²) in [7, 11) is 3.34. The molecule has 2 aliphatic rings. The first-order valence-corrected chi connectivity index (χ1v) is 12.1. The van der Waals surface area contributed by atoms with Gasteiger partial charge >= 0.3 is 0 Å². The average Bonchev–Trinajstić information content (AvgIpc) is 3.33. The predicted molar refractivity (Wildman–Crippen MR) is 124 cm³/mol. The van der Waals surface area contributed by atoms with Gasteiger partial charge < -0.3 is 19.1 Å². The molecule has 2 aliphatic heterocycles. The molecule has 0 aliphatic carbocycles. The Balaban J connectivity index is 1.50. The number of ether oxygens (including phenoxy) is 3. The van der Waals surface area contributed by atoms with Gasteiger partial charge in [-0.1, -0.05) is 6.07 Å². The summed E-state index contributed by atoms with van der Waals surface area (Å²) in [5.41, 5.74) is 2.22. The highest BCUT2D eigenvalue weighted by molar-refractivity contribution is 7.99. The minimum Gasteiger partial charge on any atom is -0.493 e. The average molecular weight is 445 g/mol. The van der Waals surface area contributed by atoms with Gasteiger partial charge in [-0.15, -0.1) is 0 Å². The first-order valence-electron chi connectivity index (χ1n) is 10.9. The Labute approximate surface area is 189 Å². The Bertz CT molecular complexity index is 841. The van der Waals surface area contributed by atoms with Gasteiger partial charge in [0.25, 0.3) is 0 Å². The number of rotatable bonds is 9. The van der Waals surface area contributed by atoms with E-state index in [0.29, 0.717) is 0 Å². The van der Waals surface area contributed by atoms with Crippen molar-refractivity contribution in [2.24, 2.45) is 0 Å². The predicted octanol–water partition coefficient (Wildman–Crippen LogP) is 3.23. The Kier molecular flexibility index (Phi) is 7.88. The van der Waals surface area contributed by atoms with Crippen LogP contribution in [0.5, 0.6) is 11.5 Å². The van der Waals surface area contributed by atoms with Crippen molar-refractivity contribution in [3.05, 3.63) is 41.7 Å². The quantitative estimate of drug-likeness (QED) is 0.584. The number of benzene rings is 1. The molecule has 0 saturated carbocycles. The lowest BCUT2D eigenvalue weighted by Crippen LogP contribution is -2.34. The molecule has 2 saturated heterocycles. The summed E-state index contributed by atoms with van der Waals surface area (Å²) in [6.45, 7) is 5.32. The summed E-state index contributed by atoms with van der Waals surface area (Å²) in [4.78, 5) is 14.1. The molecule has 2 fully saturated rings. The monoisotopic (exact) mass is 444 g/mol. The molecule has 31 heavy (non-hydrogen) atoms. The van der Waals surface area contributed by atoms with E-state index >= 15 is 0 Å². The zero-order valence-corrected chi connectivity index (χ0v) is 19.3. The Morgan fingerprint density at radius 3 is 2.71 bits per heavy atom. The van der Waals surface area contributed by atoms with E-state index in [1.54, 1.807) is 14.2 Å². The Morgan fingerprint density at radius 2 is 1.97 bits per heavy atom. The molecule has 0 radical (unpaired) electrons. The van der Waals surface area contributed by atoms with Gasteiger partial charge in [-0.2, -0.15) is 11.8 Å². The molecule has 4 rings (SSSR count). The van der Waals surface area contributed by atoms with E-state index in [-0.39, 0.29) is 6.10 Å². The third kappa shape index (κ3) is 6.02. The fourth-order valence-corrected chi connectivity index (χ4v) is 5.02. The van der Waals surface area contributed by atoms with Gasteiger partial charge in [0.2, 0.25) is 5.95 Å². The number of methoxy groups -OCH3 is 2. The van der Waals surface area contributed by atoms with Gasteiger partial charge in [0, 0.05) is 57.0 Å². The Hall–Kier alpha value is -2.03. The van der Waals surface area contributed by atoms with Crippen LogP contribution < -0.4 is 14.4 Å². The van der Waals surface area contributed by atoms with Crippen molar-refractivity contribution in [1.29, 1.82) is 0 Å². The molecule has 168 valence electrons. The number of anilines is 1. The second-order valence-electron chi connectivity index (χ2n) is 7.94. The van der Waals surface area contributed by atoms with Crippen molar-refractivity contribution in [3.63, 3.8) is 0 Å². The van der Waals surface area contributed by atoms with E-state index in [1.165, 1.54) is 5.56 Å². The number of aromatic nitrogens is 2. The Morgan fingerprint density at radius 1 is 1.13 bits per heavy atom. The number of hydrogen-bond donors (Lipinski definition) is 0. The van der Waals surface area contributed by atoms with Gasteiger partial charge in [-0.25, -0.2) is 9.97 Å². The molecule has 0 bridgehead atoms.